The molecule has 0 radical (unpaired) electrons. The molecule has 1 heterocycles. The summed E-state index contributed by atoms with van der Waals surface area (Å²) in [5.74, 6) is 0. The SMILES string of the molecule is CCc1ccccc1N1c2ccccc2N(C)C1CC. The maximum Gasteiger partial charge on any atom is 0.106 e. The molecule has 0 N–H and O–H groups in total. The van der Waals surface area contributed by atoms with Gasteiger partial charge in [-0.15, -0.1) is 0 Å². The molecule has 1 unspecified atom stereocenters. The Balaban J connectivity index is 2.16. The Morgan fingerprint density at radius 2 is 1.45 bits per heavy atom. The van der Waals surface area contributed by atoms with Crippen LogP contribution in [0, 0.1) is 0 Å². The number of fused-ring (bicyclic) bond motifs is 1. The molecule has 1 atom stereocenters. The van der Waals surface area contributed by atoms with E-state index in [0.29, 0.717) is 6.17 Å². The Kier molecular flexibility index (Phi) is 3.39. The van der Waals surface area contributed by atoms with E-state index in [2.05, 4.69) is 79.2 Å². The van der Waals surface area contributed by atoms with Gasteiger partial charge in [-0.2, -0.15) is 0 Å². The molecular weight excluding hydrogens is 244 g/mol. The smallest absolute Gasteiger partial charge is 0.106 e. The van der Waals surface area contributed by atoms with E-state index in [9.17, 15) is 0 Å². The fourth-order valence-electron chi connectivity index (χ4n) is 3.25. The molecule has 20 heavy (non-hydrogen) atoms. The van der Waals surface area contributed by atoms with E-state index in [4.69, 9.17) is 0 Å². The van der Waals surface area contributed by atoms with Crippen LogP contribution in [0.15, 0.2) is 48.5 Å². The standard InChI is InChI=1S/C18H22N2/c1-4-14-10-6-7-11-15(14)20-17-13-9-8-12-16(17)19(3)18(20)5-2/h6-13,18H,4-5H2,1-3H3. The third kappa shape index (κ3) is 1.87. The zero-order chi connectivity index (χ0) is 14.1. The van der Waals surface area contributed by atoms with E-state index >= 15 is 0 Å². The summed E-state index contributed by atoms with van der Waals surface area (Å²) in [5.41, 5.74) is 5.41. The summed E-state index contributed by atoms with van der Waals surface area (Å²) in [7, 11) is 2.20. The second kappa shape index (κ2) is 5.20. The fraction of sp³-hybridized carbons (Fsp3) is 0.333. The van der Waals surface area contributed by atoms with E-state index in [-0.39, 0.29) is 0 Å². The molecule has 2 nitrogen and oxygen atoms in total. The highest BCUT2D eigenvalue weighted by molar-refractivity contribution is 5.84. The van der Waals surface area contributed by atoms with E-state index in [1.165, 1.54) is 22.6 Å². The zero-order valence-electron chi connectivity index (χ0n) is 12.5. The quantitative estimate of drug-likeness (QED) is 0.802. The molecule has 0 amide bonds. The summed E-state index contributed by atoms with van der Waals surface area (Å²) in [6, 6.07) is 17.5. The van der Waals surface area contributed by atoms with Crippen molar-refractivity contribution in [1.29, 1.82) is 0 Å². The predicted octanol–water partition coefficient (Wildman–Crippen LogP) is 4.57. The van der Waals surface area contributed by atoms with Gasteiger partial charge in [0, 0.05) is 12.7 Å². The highest BCUT2D eigenvalue weighted by Gasteiger charge is 2.33. The molecule has 2 aromatic carbocycles. The minimum absolute atomic E-state index is 0.403. The van der Waals surface area contributed by atoms with Crippen LogP contribution in [-0.2, 0) is 6.42 Å². The lowest BCUT2D eigenvalue weighted by molar-refractivity contribution is 0.645. The molecule has 3 rings (SSSR count). The van der Waals surface area contributed by atoms with Gasteiger partial charge >= 0.3 is 0 Å². The molecule has 1 aliphatic heterocycles. The van der Waals surface area contributed by atoms with Crippen LogP contribution in [0.2, 0.25) is 0 Å². The molecule has 2 heteroatoms. The van der Waals surface area contributed by atoms with Crippen molar-refractivity contribution in [2.45, 2.75) is 32.9 Å². The van der Waals surface area contributed by atoms with E-state index in [0.717, 1.165) is 12.8 Å². The third-order valence-electron chi connectivity index (χ3n) is 4.26. The summed E-state index contributed by atoms with van der Waals surface area (Å²) in [4.78, 5) is 4.88. The van der Waals surface area contributed by atoms with E-state index in [1.54, 1.807) is 0 Å². The number of benzene rings is 2. The lowest BCUT2D eigenvalue weighted by Gasteiger charge is -2.31. The molecule has 0 saturated heterocycles. The van der Waals surface area contributed by atoms with Crippen molar-refractivity contribution in [3.05, 3.63) is 54.1 Å². The van der Waals surface area contributed by atoms with Crippen molar-refractivity contribution < 1.29 is 0 Å². The largest absolute Gasteiger partial charge is 0.352 e. The number of hydrogen-bond acceptors (Lipinski definition) is 2. The van der Waals surface area contributed by atoms with Crippen LogP contribution in [0.4, 0.5) is 17.1 Å². The maximum absolute atomic E-state index is 2.49. The normalized spacial score (nSPS) is 17.4. The number of aryl methyl sites for hydroxylation is 1. The first kappa shape index (κ1) is 13.0. The van der Waals surface area contributed by atoms with Gasteiger partial charge in [-0.05, 0) is 36.6 Å². The molecule has 0 spiro atoms. The third-order valence-corrected chi connectivity index (χ3v) is 4.26. The number of rotatable bonds is 3. The Morgan fingerprint density at radius 1 is 0.850 bits per heavy atom. The van der Waals surface area contributed by atoms with Crippen molar-refractivity contribution in [2.24, 2.45) is 0 Å². The van der Waals surface area contributed by atoms with Crippen molar-refractivity contribution in [3.8, 4) is 0 Å². The van der Waals surface area contributed by atoms with Gasteiger partial charge in [0.25, 0.3) is 0 Å². The molecular formula is C18H22N2. The first-order chi connectivity index (χ1) is 9.77. The summed E-state index contributed by atoms with van der Waals surface area (Å²) in [6.07, 6.45) is 2.57. The second-order valence-corrected chi connectivity index (χ2v) is 5.34. The highest BCUT2D eigenvalue weighted by atomic mass is 15.4. The van der Waals surface area contributed by atoms with Gasteiger partial charge in [0.05, 0.1) is 11.4 Å². The van der Waals surface area contributed by atoms with Gasteiger partial charge in [0.2, 0.25) is 0 Å². The molecule has 0 fully saturated rings. The van der Waals surface area contributed by atoms with Crippen LogP contribution in [0.1, 0.15) is 25.8 Å². The number of anilines is 3. The number of hydrogen-bond donors (Lipinski definition) is 0. The van der Waals surface area contributed by atoms with Gasteiger partial charge < -0.3 is 9.80 Å². The molecule has 0 saturated carbocycles. The Bertz CT molecular complexity index is 606. The van der Waals surface area contributed by atoms with E-state index in [1.807, 2.05) is 0 Å². The minimum atomic E-state index is 0.403. The molecule has 0 bridgehead atoms. The monoisotopic (exact) mass is 266 g/mol. The van der Waals surface area contributed by atoms with Gasteiger partial charge in [-0.1, -0.05) is 44.2 Å². The van der Waals surface area contributed by atoms with Crippen LogP contribution in [0.3, 0.4) is 0 Å². The summed E-state index contributed by atoms with van der Waals surface area (Å²) < 4.78 is 0. The zero-order valence-corrected chi connectivity index (χ0v) is 12.5. The summed E-state index contributed by atoms with van der Waals surface area (Å²) in [6.45, 7) is 4.49. The summed E-state index contributed by atoms with van der Waals surface area (Å²) >= 11 is 0. The molecule has 1 aliphatic rings. The topological polar surface area (TPSA) is 6.48 Å². The van der Waals surface area contributed by atoms with E-state index < -0.39 is 0 Å². The van der Waals surface area contributed by atoms with Gasteiger partial charge in [0.1, 0.15) is 6.17 Å². The molecule has 104 valence electrons. The average molecular weight is 266 g/mol. The highest BCUT2D eigenvalue weighted by Crippen LogP contribution is 2.44. The van der Waals surface area contributed by atoms with Crippen LogP contribution in [-0.4, -0.2) is 13.2 Å². The molecule has 0 aliphatic carbocycles. The van der Waals surface area contributed by atoms with Crippen LogP contribution in [0.25, 0.3) is 0 Å². The Labute approximate surface area is 121 Å². The minimum Gasteiger partial charge on any atom is -0.352 e. The van der Waals surface area contributed by atoms with Gasteiger partial charge in [0.15, 0.2) is 0 Å². The van der Waals surface area contributed by atoms with Crippen LogP contribution >= 0.6 is 0 Å². The van der Waals surface area contributed by atoms with Gasteiger partial charge in [-0.25, -0.2) is 0 Å². The van der Waals surface area contributed by atoms with Crippen molar-refractivity contribution >= 4 is 17.1 Å². The maximum atomic E-state index is 2.49. The van der Waals surface area contributed by atoms with Crippen molar-refractivity contribution in [3.63, 3.8) is 0 Å². The van der Waals surface area contributed by atoms with Crippen LogP contribution < -0.4 is 9.80 Å². The van der Waals surface area contributed by atoms with Crippen molar-refractivity contribution in [2.75, 3.05) is 16.8 Å². The average Bonchev–Trinajstić information content (AvgIpc) is 2.80. The van der Waals surface area contributed by atoms with Crippen molar-refractivity contribution in [1.82, 2.24) is 0 Å². The predicted molar refractivity (Wildman–Crippen MR) is 86.9 cm³/mol. The second-order valence-electron chi connectivity index (χ2n) is 5.34. The molecule has 0 aromatic heterocycles. The Hall–Kier alpha value is -1.96. The first-order valence-electron chi connectivity index (χ1n) is 7.47. The summed E-state index contributed by atoms with van der Waals surface area (Å²) in [5, 5.41) is 0. The first-order valence-corrected chi connectivity index (χ1v) is 7.47. The number of nitrogens with zero attached hydrogens (tertiary/aromatic N) is 2. The molecule has 2 aromatic rings. The van der Waals surface area contributed by atoms with Crippen LogP contribution in [0.5, 0.6) is 0 Å². The fourth-order valence-corrected chi connectivity index (χ4v) is 3.25. The lowest BCUT2D eigenvalue weighted by atomic mass is 10.1. The Morgan fingerprint density at radius 3 is 2.10 bits per heavy atom. The van der Waals surface area contributed by atoms with Gasteiger partial charge in [-0.3, -0.25) is 0 Å². The number of para-hydroxylation sites is 3. The lowest BCUT2D eigenvalue weighted by Crippen LogP contribution is -2.38.